The smallest absolute Gasteiger partial charge is 0.305 e. The van der Waals surface area contributed by atoms with Crippen LogP contribution in [0.4, 0.5) is 11.4 Å². The third-order valence-electron chi connectivity index (χ3n) is 3.03. The Labute approximate surface area is 106 Å². The Hall–Kier alpha value is -2.04. The van der Waals surface area contributed by atoms with Gasteiger partial charge in [-0.2, -0.15) is 0 Å². The number of methoxy groups -OCH3 is 1. The Morgan fingerprint density at radius 2 is 2.28 bits per heavy atom. The molecule has 5 heteroatoms. The molecule has 5 nitrogen and oxygen atoms in total. The summed E-state index contributed by atoms with van der Waals surface area (Å²) in [4.78, 5) is 24.6. The number of carbonyl (C=O) groups is 2. The van der Waals surface area contributed by atoms with Crippen LogP contribution >= 0.6 is 0 Å². The first-order valence-electron chi connectivity index (χ1n) is 5.87. The molecule has 0 aliphatic carbocycles. The number of hydrogen-bond donors (Lipinski definition) is 1. The summed E-state index contributed by atoms with van der Waals surface area (Å²) in [6, 6.07) is 5.46. The number of ether oxygens (including phenoxy) is 1. The lowest BCUT2D eigenvalue weighted by molar-refractivity contribution is -0.140. The van der Waals surface area contributed by atoms with Gasteiger partial charge in [-0.15, -0.1) is 0 Å². The van der Waals surface area contributed by atoms with Crippen molar-refractivity contribution in [3.63, 3.8) is 0 Å². The summed E-state index contributed by atoms with van der Waals surface area (Å²) in [6.07, 6.45) is 1.31. The molecule has 1 aliphatic heterocycles. The van der Waals surface area contributed by atoms with E-state index >= 15 is 0 Å². The highest BCUT2D eigenvalue weighted by atomic mass is 16.5. The van der Waals surface area contributed by atoms with Crippen LogP contribution in [0.25, 0.3) is 0 Å². The van der Waals surface area contributed by atoms with Crippen molar-refractivity contribution in [1.82, 2.24) is 0 Å². The SMILES string of the molecule is COC(=O)CCCN1C(=O)Cc2cc(N)ccc21. The molecule has 0 aromatic heterocycles. The van der Waals surface area contributed by atoms with Crippen LogP contribution in [0, 0.1) is 0 Å². The number of nitrogens with zero attached hydrogens (tertiary/aromatic N) is 1. The minimum Gasteiger partial charge on any atom is -0.469 e. The highest BCUT2D eigenvalue weighted by Gasteiger charge is 2.26. The molecule has 2 N–H and O–H groups in total. The van der Waals surface area contributed by atoms with Crippen LogP contribution in [-0.2, 0) is 20.7 Å². The fourth-order valence-electron chi connectivity index (χ4n) is 2.13. The molecule has 1 heterocycles. The summed E-state index contributed by atoms with van der Waals surface area (Å²) in [5.74, 6) is -0.195. The van der Waals surface area contributed by atoms with Crippen molar-refractivity contribution in [2.45, 2.75) is 19.3 Å². The van der Waals surface area contributed by atoms with Gasteiger partial charge in [-0.05, 0) is 30.2 Å². The lowest BCUT2D eigenvalue weighted by Gasteiger charge is -2.17. The fourth-order valence-corrected chi connectivity index (χ4v) is 2.13. The van der Waals surface area contributed by atoms with Gasteiger partial charge in [-0.3, -0.25) is 9.59 Å². The molecular weight excluding hydrogens is 232 g/mol. The molecule has 0 saturated heterocycles. The van der Waals surface area contributed by atoms with Crippen molar-refractivity contribution in [1.29, 1.82) is 0 Å². The van der Waals surface area contributed by atoms with E-state index in [1.165, 1.54) is 7.11 Å². The van der Waals surface area contributed by atoms with E-state index in [0.717, 1.165) is 11.3 Å². The van der Waals surface area contributed by atoms with Gasteiger partial charge in [0.1, 0.15) is 0 Å². The Bertz CT molecular complexity index is 485. The first-order chi connectivity index (χ1) is 8.61. The van der Waals surface area contributed by atoms with E-state index in [4.69, 9.17) is 5.73 Å². The third kappa shape index (κ3) is 2.45. The molecule has 0 radical (unpaired) electrons. The molecule has 96 valence electrons. The normalized spacial score (nSPS) is 13.6. The van der Waals surface area contributed by atoms with Gasteiger partial charge in [0.05, 0.1) is 13.5 Å². The summed E-state index contributed by atoms with van der Waals surface area (Å²) in [5.41, 5.74) is 8.21. The highest BCUT2D eigenvalue weighted by Crippen LogP contribution is 2.30. The van der Waals surface area contributed by atoms with Crippen LogP contribution in [0.2, 0.25) is 0 Å². The topological polar surface area (TPSA) is 72.6 Å². The van der Waals surface area contributed by atoms with Crippen LogP contribution in [0.1, 0.15) is 18.4 Å². The minimum absolute atomic E-state index is 0.0560. The third-order valence-corrected chi connectivity index (χ3v) is 3.03. The zero-order valence-corrected chi connectivity index (χ0v) is 10.3. The first kappa shape index (κ1) is 12.4. The van der Waals surface area contributed by atoms with Gasteiger partial charge < -0.3 is 15.4 Å². The largest absolute Gasteiger partial charge is 0.469 e. The highest BCUT2D eigenvalue weighted by molar-refractivity contribution is 6.01. The lowest BCUT2D eigenvalue weighted by Crippen LogP contribution is -2.28. The van der Waals surface area contributed by atoms with Crippen LogP contribution < -0.4 is 10.6 Å². The summed E-state index contributed by atoms with van der Waals surface area (Å²) >= 11 is 0. The molecule has 0 bridgehead atoms. The average molecular weight is 248 g/mol. The summed E-state index contributed by atoms with van der Waals surface area (Å²) in [5, 5.41) is 0. The monoisotopic (exact) mass is 248 g/mol. The van der Waals surface area contributed by atoms with Crippen molar-refractivity contribution in [3.8, 4) is 0 Å². The van der Waals surface area contributed by atoms with Crippen molar-refractivity contribution in [3.05, 3.63) is 23.8 Å². The Morgan fingerprint density at radius 3 is 3.00 bits per heavy atom. The molecule has 0 fully saturated rings. The van der Waals surface area contributed by atoms with Gasteiger partial charge in [0.15, 0.2) is 0 Å². The van der Waals surface area contributed by atoms with E-state index < -0.39 is 0 Å². The molecule has 1 aromatic carbocycles. The molecule has 18 heavy (non-hydrogen) atoms. The predicted octanol–water partition coefficient (Wildman–Crippen LogP) is 1.11. The number of benzene rings is 1. The molecule has 1 aliphatic rings. The summed E-state index contributed by atoms with van der Waals surface area (Å²) < 4.78 is 4.57. The van der Waals surface area contributed by atoms with Crippen LogP contribution in [0.3, 0.4) is 0 Å². The Balaban J connectivity index is 2.02. The molecule has 1 aromatic rings. The fraction of sp³-hybridized carbons (Fsp3) is 0.385. The second kappa shape index (κ2) is 5.08. The van der Waals surface area contributed by atoms with Gasteiger partial charge >= 0.3 is 5.97 Å². The molecule has 1 amide bonds. The average Bonchev–Trinajstić information content (AvgIpc) is 2.64. The number of amides is 1. The predicted molar refractivity (Wildman–Crippen MR) is 68.2 cm³/mol. The number of rotatable bonds is 4. The molecule has 2 rings (SSSR count). The molecular formula is C13H16N2O3. The van der Waals surface area contributed by atoms with E-state index in [0.29, 0.717) is 31.5 Å². The number of carbonyl (C=O) groups excluding carboxylic acids is 2. The van der Waals surface area contributed by atoms with Crippen LogP contribution in [0.5, 0.6) is 0 Å². The lowest BCUT2D eigenvalue weighted by atomic mass is 10.1. The van der Waals surface area contributed by atoms with E-state index in [1.807, 2.05) is 12.1 Å². The number of anilines is 2. The number of hydrogen-bond acceptors (Lipinski definition) is 4. The van der Waals surface area contributed by atoms with E-state index in [2.05, 4.69) is 4.74 Å². The molecule has 0 saturated carbocycles. The van der Waals surface area contributed by atoms with E-state index in [9.17, 15) is 9.59 Å². The minimum atomic E-state index is -0.251. The second-order valence-electron chi connectivity index (χ2n) is 4.29. The Kier molecular flexibility index (Phi) is 3.50. The maximum absolute atomic E-state index is 11.9. The first-order valence-corrected chi connectivity index (χ1v) is 5.87. The van der Waals surface area contributed by atoms with Gasteiger partial charge in [-0.25, -0.2) is 0 Å². The standard InChI is InChI=1S/C13H16N2O3/c1-18-13(17)3-2-6-15-11-5-4-10(14)7-9(11)8-12(15)16/h4-5,7H,2-3,6,8,14H2,1H3. The van der Waals surface area contributed by atoms with Gasteiger partial charge in [-0.1, -0.05) is 0 Å². The van der Waals surface area contributed by atoms with Crippen molar-refractivity contribution in [2.75, 3.05) is 24.3 Å². The van der Waals surface area contributed by atoms with Gasteiger partial charge in [0.25, 0.3) is 0 Å². The van der Waals surface area contributed by atoms with Crippen molar-refractivity contribution >= 4 is 23.3 Å². The molecule has 0 unspecified atom stereocenters. The number of esters is 1. The maximum Gasteiger partial charge on any atom is 0.305 e. The Morgan fingerprint density at radius 1 is 1.50 bits per heavy atom. The van der Waals surface area contributed by atoms with Crippen LogP contribution in [-0.4, -0.2) is 25.5 Å². The van der Waals surface area contributed by atoms with Crippen LogP contribution in [0.15, 0.2) is 18.2 Å². The summed E-state index contributed by atoms with van der Waals surface area (Å²) in [6.45, 7) is 0.533. The van der Waals surface area contributed by atoms with Gasteiger partial charge in [0.2, 0.25) is 5.91 Å². The van der Waals surface area contributed by atoms with Crippen molar-refractivity contribution in [2.24, 2.45) is 0 Å². The maximum atomic E-state index is 11.9. The number of nitrogens with two attached hydrogens (primary N) is 1. The zero-order valence-electron chi connectivity index (χ0n) is 10.3. The number of fused-ring (bicyclic) bond motifs is 1. The zero-order chi connectivity index (χ0) is 13.1. The van der Waals surface area contributed by atoms with E-state index in [1.54, 1.807) is 11.0 Å². The summed E-state index contributed by atoms with van der Waals surface area (Å²) in [7, 11) is 1.36. The quantitative estimate of drug-likeness (QED) is 0.640. The molecule has 0 spiro atoms. The van der Waals surface area contributed by atoms with E-state index in [-0.39, 0.29) is 11.9 Å². The number of nitrogen functional groups attached to an aromatic ring is 1. The van der Waals surface area contributed by atoms with Gasteiger partial charge in [0, 0.05) is 24.3 Å². The second-order valence-corrected chi connectivity index (χ2v) is 4.29. The molecule has 0 atom stereocenters. The van der Waals surface area contributed by atoms with Crippen molar-refractivity contribution < 1.29 is 14.3 Å².